The highest BCUT2D eigenvalue weighted by Gasteiger charge is 2.05. The van der Waals surface area contributed by atoms with Gasteiger partial charge in [-0.2, -0.15) is 0 Å². The highest BCUT2D eigenvalue weighted by atomic mass is 16.1. The second-order valence-electron chi connectivity index (χ2n) is 4.04. The molecule has 0 aliphatic rings. The van der Waals surface area contributed by atoms with Gasteiger partial charge in [-0.15, -0.1) is 0 Å². The van der Waals surface area contributed by atoms with Crippen LogP contribution in [0.5, 0.6) is 0 Å². The SMILES string of the molecule is CCCCCCN(CCC)CC(C)=O. The monoisotopic (exact) mass is 199 g/mol. The lowest BCUT2D eigenvalue weighted by Gasteiger charge is -2.19. The van der Waals surface area contributed by atoms with Gasteiger partial charge in [-0.25, -0.2) is 0 Å². The first-order valence-electron chi connectivity index (χ1n) is 5.92. The molecule has 0 saturated carbocycles. The summed E-state index contributed by atoms with van der Waals surface area (Å²) in [5.41, 5.74) is 0. The van der Waals surface area contributed by atoms with Crippen LogP contribution in [0.15, 0.2) is 0 Å². The molecule has 0 radical (unpaired) electrons. The lowest BCUT2D eigenvalue weighted by Crippen LogP contribution is -2.30. The average molecular weight is 199 g/mol. The Labute approximate surface area is 88.7 Å². The number of carbonyl (C=O) groups excluding carboxylic acids is 1. The summed E-state index contributed by atoms with van der Waals surface area (Å²) < 4.78 is 0. The maximum Gasteiger partial charge on any atom is 0.143 e. The first kappa shape index (κ1) is 13.6. The molecule has 0 fully saturated rings. The minimum Gasteiger partial charge on any atom is -0.299 e. The number of ketones is 1. The lowest BCUT2D eigenvalue weighted by atomic mass is 10.2. The van der Waals surface area contributed by atoms with Crippen molar-refractivity contribution in [3.8, 4) is 0 Å². The number of unbranched alkanes of at least 4 members (excludes halogenated alkanes) is 3. The van der Waals surface area contributed by atoms with Crippen LogP contribution in [-0.2, 0) is 4.79 Å². The summed E-state index contributed by atoms with van der Waals surface area (Å²) in [5.74, 6) is 0.286. The molecule has 0 spiro atoms. The van der Waals surface area contributed by atoms with Crippen molar-refractivity contribution in [3.05, 3.63) is 0 Å². The second kappa shape index (κ2) is 9.20. The zero-order chi connectivity index (χ0) is 10.8. The fraction of sp³-hybridized carbons (Fsp3) is 0.917. The summed E-state index contributed by atoms with van der Waals surface area (Å²) in [7, 11) is 0. The normalized spacial score (nSPS) is 10.9. The van der Waals surface area contributed by atoms with E-state index < -0.39 is 0 Å². The summed E-state index contributed by atoms with van der Waals surface area (Å²) in [5, 5.41) is 0. The standard InChI is InChI=1S/C12H25NO/c1-4-6-7-8-10-13(9-5-2)11-12(3)14/h4-11H2,1-3H3. The summed E-state index contributed by atoms with van der Waals surface area (Å²) in [4.78, 5) is 13.3. The topological polar surface area (TPSA) is 20.3 Å². The van der Waals surface area contributed by atoms with Crippen LogP contribution in [0.4, 0.5) is 0 Å². The zero-order valence-electron chi connectivity index (χ0n) is 10.0. The van der Waals surface area contributed by atoms with Crippen LogP contribution in [0.1, 0.15) is 52.9 Å². The Morgan fingerprint density at radius 2 is 1.71 bits per heavy atom. The number of hydrogen-bond acceptors (Lipinski definition) is 2. The van der Waals surface area contributed by atoms with Gasteiger partial charge in [-0.1, -0.05) is 33.1 Å². The van der Waals surface area contributed by atoms with E-state index in [-0.39, 0.29) is 5.78 Å². The van der Waals surface area contributed by atoms with Gasteiger partial charge in [0.15, 0.2) is 0 Å². The van der Waals surface area contributed by atoms with Crippen molar-refractivity contribution in [2.75, 3.05) is 19.6 Å². The average Bonchev–Trinajstić information content (AvgIpc) is 2.12. The molecular formula is C12H25NO. The molecule has 0 bridgehead atoms. The van der Waals surface area contributed by atoms with Crippen molar-refractivity contribution >= 4 is 5.78 Å². The molecule has 0 atom stereocenters. The molecule has 0 unspecified atom stereocenters. The summed E-state index contributed by atoms with van der Waals surface area (Å²) >= 11 is 0. The number of hydrogen-bond donors (Lipinski definition) is 0. The highest BCUT2D eigenvalue weighted by molar-refractivity contribution is 5.77. The molecule has 14 heavy (non-hydrogen) atoms. The maximum atomic E-state index is 11.0. The van der Waals surface area contributed by atoms with Gasteiger partial charge in [0.1, 0.15) is 5.78 Å². The molecule has 2 nitrogen and oxygen atoms in total. The summed E-state index contributed by atoms with van der Waals surface area (Å²) in [6.45, 7) is 8.85. The number of rotatable bonds is 9. The molecule has 0 amide bonds. The van der Waals surface area contributed by atoms with Crippen molar-refractivity contribution in [3.63, 3.8) is 0 Å². The van der Waals surface area contributed by atoms with Gasteiger partial charge < -0.3 is 0 Å². The van der Waals surface area contributed by atoms with Gasteiger partial charge in [0.25, 0.3) is 0 Å². The van der Waals surface area contributed by atoms with Crippen molar-refractivity contribution < 1.29 is 4.79 Å². The van der Waals surface area contributed by atoms with Crippen LogP contribution in [-0.4, -0.2) is 30.3 Å². The summed E-state index contributed by atoms with van der Waals surface area (Å²) in [6.07, 6.45) is 6.28. The van der Waals surface area contributed by atoms with Crippen LogP contribution < -0.4 is 0 Å². The van der Waals surface area contributed by atoms with E-state index in [1.807, 2.05) is 0 Å². The van der Waals surface area contributed by atoms with E-state index in [1.54, 1.807) is 6.92 Å². The highest BCUT2D eigenvalue weighted by Crippen LogP contribution is 2.02. The maximum absolute atomic E-state index is 11.0. The largest absolute Gasteiger partial charge is 0.299 e. The first-order valence-corrected chi connectivity index (χ1v) is 5.92. The van der Waals surface area contributed by atoms with E-state index in [9.17, 15) is 4.79 Å². The zero-order valence-corrected chi connectivity index (χ0v) is 10.0. The van der Waals surface area contributed by atoms with E-state index in [1.165, 1.54) is 25.7 Å². The first-order chi connectivity index (χ1) is 6.70. The van der Waals surface area contributed by atoms with Crippen LogP contribution in [0, 0.1) is 0 Å². The molecule has 0 N–H and O–H groups in total. The molecule has 0 aliphatic heterocycles. The third-order valence-corrected chi connectivity index (χ3v) is 2.31. The Balaban J connectivity index is 3.56. The van der Waals surface area contributed by atoms with E-state index >= 15 is 0 Å². The molecule has 2 heteroatoms. The summed E-state index contributed by atoms with van der Waals surface area (Å²) in [6, 6.07) is 0. The Hall–Kier alpha value is -0.370. The van der Waals surface area contributed by atoms with E-state index in [4.69, 9.17) is 0 Å². The number of carbonyl (C=O) groups is 1. The van der Waals surface area contributed by atoms with Gasteiger partial charge in [0.2, 0.25) is 0 Å². The molecule has 0 aliphatic carbocycles. The predicted molar refractivity (Wildman–Crippen MR) is 61.6 cm³/mol. The lowest BCUT2D eigenvalue weighted by molar-refractivity contribution is -0.118. The van der Waals surface area contributed by atoms with Gasteiger partial charge >= 0.3 is 0 Å². The van der Waals surface area contributed by atoms with Crippen LogP contribution in [0.25, 0.3) is 0 Å². The minimum absolute atomic E-state index is 0.286. The fourth-order valence-electron chi connectivity index (χ4n) is 1.66. The second-order valence-corrected chi connectivity index (χ2v) is 4.04. The van der Waals surface area contributed by atoms with Gasteiger partial charge in [-0.05, 0) is 32.9 Å². The third kappa shape index (κ3) is 8.24. The molecule has 0 aromatic rings. The Bertz CT molecular complexity index is 145. The number of nitrogens with zero attached hydrogens (tertiary/aromatic N) is 1. The van der Waals surface area contributed by atoms with E-state index in [0.717, 1.165) is 19.5 Å². The fourth-order valence-corrected chi connectivity index (χ4v) is 1.66. The molecule has 0 heterocycles. The Morgan fingerprint density at radius 3 is 2.21 bits per heavy atom. The van der Waals surface area contributed by atoms with Gasteiger partial charge in [-0.3, -0.25) is 9.69 Å². The van der Waals surface area contributed by atoms with Crippen LogP contribution >= 0.6 is 0 Å². The van der Waals surface area contributed by atoms with Crippen molar-refractivity contribution in [2.45, 2.75) is 52.9 Å². The molecule has 0 aromatic carbocycles. The molecule has 0 rings (SSSR count). The van der Waals surface area contributed by atoms with Crippen LogP contribution in [0.3, 0.4) is 0 Å². The van der Waals surface area contributed by atoms with Gasteiger partial charge in [0.05, 0.1) is 6.54 Å². The van der Waals surface area contributed by atoms with E-state index in [2.05, 4.69) is 18.7 Å². The van der Waals surface area contributed by atoms with Crippen molar-refractivity contribution in [1.82, 2.24) is 4.90 Å². The van der Waals surface area contributed by atoms with E-state index in [0.29, 0.717) is 6.54 Å². The predicted octanol–water partition coefficient (Wildman–Crippen LogP) is 2.87. The molecule has 0 saturated heterocycles. The number of Topliss-reactive ketones (excluding diaryl/α,β-unsaturated/α-hetero) is 1. The molecular weight excluding hydrogens is 174 g/mol. The van der Waals surface area contributed by atoms with Crippen molar-refractivity contribution in [1.29, 1.82) is 0 Å². The van der Waals surface area contributed by atoms with Crippen molar-refractivity contribution in [2.24, 2.45) is 0 Å². The van der Waals surface area contributed by atoms with Crippen LogP contribution in [0.2, 0.25) is 0 Å². The smallest absolute Gasteiger partial charge is 0.143 e. The minimum atomic E-state index is 0.286. The quantitative estimate of drug-likeness (QED) is 0.532. The molecule has 84 valence electrons. The molecule has 0 aromatic heterocycles. The Kier molecular flexibility index (Phi) is 8.95. The Morgan fingerprint density at radius 1 is 1.00 bits per heavy atom. The van der Waals surface area contributed by atoms with Gasteiger partial charge in [0, 0.05) is 0 Å². The third-order valence-electron chi connectivity index (χ3n) is 2.31.